The fourth-order valence-corrected chi connectivity index (χ4v) is 2.12. The van der Waals surface area contributed by atoms with E-state index in [4.69, 9.17) is 16.7 Å². The summed E-state index contributed by atoms with van der Waals surface area (Å²) in [5, 5.41) is 11.6. The van der Waals surface area contributed by atoms with Gasteiger partial charge in [0.25, 0.3) is 0 Å². The lowest BCUT2D eigenvalue weighted by atomic mass is 9.95. The SMILES string of the molecule is CC(C)C(NC(=O)N(C)CCC(=O)O)c1ccc(Cl)cc1F. The van der Waals surface area contributed by atoms with Gasteiger partial charge in [-0.15, -0.1) is 0 Å². The molecule has 0 spiro atoms. The van der Waals surface area contributed by atoms with E-state index in [1.165, 1.54) is 18.0 Å². The van der Waals surface area contributed by atoms with Crippen molar-refractivity contribution in [2.24, 2.45) is 5.92 Å². The number of hydrogen-bond acceptors (Lipinski definition) is 2. The van der Waals surface area contributed by atoms with Crippen molar-refractivity contribution in [3.63, 3.8) is 0 Å². The Hall–Kier alpha value is -1.82. The highest BCUT2D eigenvalue weighted by Gasteiger charge is 2.23. The Balaban J connectivity index is 2.84. The normalized spacial score (nSPS) is 12.1. The molecule has 1 atom stereocenters. The first-order valence-electron chi connectivity index (χ1n) is 6.90. The molecule has 1 aromatic carbocycles. The molecule has 22 heavy (non-hydrogen) atoms. The van der Waals surface area contributed by atoms with E-state index in [0.717, 1.165) is 0 Å². The second-order valence-electron chi connectivity index (χ2n) is 5.40. The lowest BCUT2D eigenvalue weighted by molar-refractivity contribution is -0.137. The minimum Gasteiger partial charge on any atom is -0.481 e. The number of carboxylic acids is 1. The third kappa shape index (κ3) is 5.18. The molecule has 0 saturated heterocycles. The van der Waals surface area contributed by atoms with E-state index in [9.17, 15) is 14.0 Å². The van der Waals surface area contributed by atoms with Crippen molar-refractivity contribution in [2.75, 3.05) is 13.6 Å². The van der Waals surface area contributed by atoms with Gasteiger partial charge in [-0.05, 0) is 18.1 Å². The molecule has 0 aromatic heterocycles. The number of carboxylic acid groups (broad SMARTS) is 1. The molecular weight excluding hydrogens is 311 g/mol. The number of benzene rings is 1. The molecule has 0 aliphatic heterocycles. The predicted molar refractivity (Wildman–Crippen MR) is 82.4 cm³/mol. The van der Waals surface area contributed by atoms with Gasteiger partial charge in [0.15, 0.2) is 0 Å². The van der Waals surface area contributed by atoms with E-state index >= 15 is 0 Å². The van der Waals surface area contributed by atoms with Crippen LogP contribution in [0.2, 0.25) is 5.02 Å². The van der Waals surface area contributed by atoms with Crippen LogP contribution in [0.3, 0.4) is 0 Å². The van der Waals surface area contributed by atoms with Crippen LogP contribution >= 0.6 is 11.6 Å². The number of carbonyl (C=O) groups excluding carboxylic acids is 1. The van der Waals surface area contributed by atoms with E-state index in [1.54, 1.807) is 12.1 Å². The topological polar surface area (TPSA) is 69.6 Å². The van der Waals surface area contributed by atoms with Gasteiger partial charge in [0.1, 0.15) is 5.82 Å². The number of rotatable bonds is 6. The number of carbonyl (C=O) groups is 2. The summed E-state index contributed by atoms with van der Waals surface area (Å²) in [6.07, 6.45) is -0.147. The standard InChI is InChI=1S/C15H20ClFN2O3/c1-9(2)14(11-5-4-10(16)8-12(11)17)18-15(22)19(3)7-6-13(20)21/h4-5,8-9,14H,6-7H2,1-3H3,(H,18,22)(H,20,21). The van der Waals surface area contributed by atoms with Crippen LogP contribution in [-0.2, 0) is 4.79 Å². The quantitative estimate of drug-likeness (QED) is 0.840. The monoisotopic (exact) mass is 330 g/mol. The Morgan fingerprint density at radius 1 is 1.41 bits per heavy atom. The number of amides is 2. The maximum Gasteiger partial charge on any atom is 0.317 e. The summed E-state index contributed by atoms with van der Waals surface area (Å²) in [5.41, 5.74) is 0.347. The second kappa shape index (κ2) is 7.98. The highest BCUT2D eigenvalue weighted by Crippen LogP contribution is 2.26. The minimum atomic E-state index is -0.983. The van der Waals surface area contributed by atoms with Crippen molar-refractivity contribution in [1.29, 1.82) is 0 Å². The van der Waals surface area contributed by atoms with Gasteiger partial charge in [-0.1, -0.05) is 31.5 Å². The predicted octanol–water partition coefficient (Wildman–Crippen LogP) is 3.29. The van der Waals surface area contributed by atoms with Crippen molar-refractivity contribution >= 4 is 23.6 Å². The maximum absolute atomic E-state index is 14.0. The highest BCUT2D eigenvalue weighted by molar-refractivity contribution is 6.30. The fraction of sp³-hybridized carbons (Fsp3) is 0.467. The molecule has 0 aliphatic rings. The molecule has 5 nitrogen and oxygen atoms in total. The first-order chi connectivity index (χ1) is 10.2. The van der Waals surface area contributed by atoms with Gasteiger partial charge in [-0.3, -0.25) is 4.79 Å². The number of nitrogens with zero attached hydrogens (tertiary/aromatic N) is 1. The average molecular weight is 331 g/mol. The average Bonchev–Trinajstić information content (AvgIpc) is 2.42. The van der Waals surface area contributed by atoms with Crippen molar-refractivity contribution < 1.29 is 19.1 Å². The third-order valence-corrected chi connectivity index (χ3v) is 3.49. The van der Waals surface area contributed by atoms with Gasteiger partial charge in [0.05, 0.1) is 12.5 Å². The molecule has 1 aromatic rings. The zero-order chi connectivity index (χ0) is 16.9. The first kappa shape index (κ1) is 18.2. The van der Waals surface area contributed by atoms with Gasteiger partial charge in [-0.25, -0.2) is 9.18 Å². The molecule has 0 fully saturated rings. The number of nitrogens with one attached hydrogen (secondary N) is 1. The van der Waals surface area contributed by atoms with Crippen molar-refractivity contribution in [2.45, 2.75) is 26.3 Å². The Bertz CT molecular complexity index is 552. The van der Waals surface area contributed by atoms with E-state index in [0.29, 0.717) is 5.56 Å². The van der Waals surface area contributed by atoms with E-state index in [2.05, 4.69) is 5.32 Å². The highest BCUT2D eigenvalue weighted by atomic mass is 35.5. The lowest BCUT2D eigenvalue weighted by Gasteiger charge is -2.26. The van der Waals surface area contributed by atoms with Crippen LogP contribution in [0.4, 0.5) is 9.18 Å². The zero-order valence-corrected chi connectivity index (χ0v) is 13.5. The van der Waals surface area contributed by atoms with Gasteiger partial charge in [0, 0.05) is 24.2 Å². The lowest BCUT2D eigenvalue weighted by Crippen LogP contribution is -2.42. The molecule has 122 valence electrons. The molecule has 0 saturated carbocycles. The van der Waals surface area contributed by atoms with Crippen LogP contribution < -0.4 is 5.32 Å². The Kier molecular flexibility index (Phi) is 6.61. The summed E-state index contributed by atoms with van der Waals surface area (Å²) in [5.74, 6) is -1.52. The minimum absolute atomic E-state index is 0.0486. The number of hydrogen-bond donors (Lipinski definition) is 2. The summed E-state index contributed by atoms with van der Waals surface area (Å²) < 4.78 is 14.0. The maximum atomic E-state index is 14.0. The van der Waals surface area contributed by atoms with Gasteiger partial charge < -0.3 is 15.3 Å². The summed E-state index contributed by atoms with van der Waals surface area (Å²) >= 11 is 5.74. The smallest absolute Gasteiger partial charge is 0.317 e. The number of aliphatic carboxylic acids is 1. The zero-order valence-electron chi connectivity index (χ0n) is 12.8. The van der Waals surface area contributed by atoms with Crippen molar-refractivity contribution in [3.05, 3.63) is 34.6 Å². The molecule has 0 aliphatic carbocycles. The molecule has 2 N–H and O–H groups in total. The molecule has 1 rings (SSSR count). The first-order valence-corrected chi connectivity index (χ1v) is 7.28. The number of halogens is 2. The molecule has 0 radical (unpaired) electrons. The van der Waals surface area contributed by atoms with Crippen LogP contribution in [0.5, 0.6) is 0 Å². The largest absolute Gasteiger partial charge is 0.481 e. The number of urea groups is 1. The molecule has 1 unspecified atom stereocenters. The van der Waals surface area contributed by atoms with Crippen LogP contribution in [0, 0.1) is 11.7 Å². The van der Waals surface area contributed by atoms with E-state index < -0.39 is 23.9 Å². The Morgan fingerprint density at radius 3 is 2.55 bits per heavy atom. The fourth-order valence-electron chi connectivity index (χ4n) is 1.97. The van der Waals surface area contributed by atoms with Crippen LogP contribution in [0.15, 0.2) is 18.2 Å². The van der Waals surface area contributed by atoms with Crippen molar-refractivity contribution in [1.82, 2.24) is 10.2 Å². The molecule has 2 amide bonds. The van der Waals surface area contributed by atoms with Crippen LogP contribution in [-0.4, -0.2) is 35.6 Å². The molecule has 7 heteroatoms. The summed E-state index contributed by atoms with van der Waals surface area (Å²) in [7, 11) is 1.49. The third-order valence-electron chi connectivity index (χ3n) is 3.25. The molecule has 0 heterocycles. The van der Waals surface area contributed by atoms with Crippen molar-refractivity contribution in [3.8, 4) is 0 Å². The Morgan fingerprint density at radius 2 is 2.05 bits per heavy atom. The molecule has 0 bridgehead atoms. The second-order valence-corrected chi connectivity index (χ2v) is 5.84. The van der Waals surface area contributed by atoms with Crippen LogP contribution in [0.25, 0.3) is 0 Å². The summed E-state index contributed by atoms with van der Waals surface area (Å²) in [6.45, 7) is 3.79. The van der Waals surface area contributed by atoms with Gasteiger partial charge in [0.2, 0.25) is 0 Å². The molecular formula is C15H20ClFN2O3. The van der Waals surface area contributed by atoms with Gasteiger partial charge >= 0.3 is 12.0 Å². The van der Waals surface area contributed by atoms with E-state index in [-0.39, 0.29) is 23.9 Å². The summed E-state index contributed by atoms with van der Waals surface area (Å²) in [4.78, 5) is 23.9. The summed E-state index contributed by atoms with van der Waals surface area (Å²) in [6, 6.07) is 3.33. The van der Waals surface area contributed by atoms with E-state index in [1.807, 2.05) is 13.8 Å². The van der Waals surface area contributed by atoms with Crippen LogP contribution in [0.1, 0.15) is 31.9 Å². The van der Waals surface area contributed by atoms with Gasteiger partial charge in [-0.2, -0.15) is 0 Å². The Labute approximate surface area is 134 Å².